The zero-order valence-electron chi connectivity index (χ0n) is 10.7. The van der Waals surface area contributed by atoms with Crippen molar-refractivity contribution in [3.8, 4) is 0 Å². The topological polar surface area (TPSA) is 29.1 Å². The number of ketones is 1. The van der Waals surface area contributed by atoms with Gasteiger partial charge in [-0.3, -0.25) is 4.79 Å². The Balaban J connectivity index is 2.53. The molecule has 0 saturated carbocycles. The third-order valence-electron chi connectivity index (χ3n) is 2.96. The number of carbonyl (C=O) groups is 1. The lowest BCUT2D eigenvalue weighted by Crippen LogP contribution is -2.31. The summed E-state index contributed by atoms with van der Waals surface area (Å²) in [5, 5.41) is 3.14. The Hall–Kier alpha value is -1.22. The van der Waals surface area contributed by atoms with Gasteiger partial charge in [0.2, 0.25) is 0 Å². The molecule has 0 fully saturated rings. The summed E-state index contributed by atoms with van der Waals surface area (Å²) in [6.45, 7) is 6.36. The Morgan fingerprint density at radius 2 is 2.18 bits per heavy atom. The molecule has 0 amide bonds. The summed E-state index contributed by atoms with van der Waals surface area (Å²) in [5.74, 6) is -0.188. The number of rotatable bonds is 6. The Kier molecular flexibility index (Phi) is 5.29. The van der Waals surface area contributed by atoms with Crippen molar-refractivity contribution in [3.05, 3.63) is 35.1 Å². The molecule has 0 aliphatic rings. The van der Waals surface area contributed by atoms with Crippen molar-refractivity contribution in [2.45, 2.75) is 39.7 Å². The second kappa shape index (κ2) is 6.50. The third-order valence-corrected chi connectivity index (χ3v) is 2.96. The van der Waals surface area contributed by atoms with Gasteiger partial charge in [0.15, 0.2) is 5.78 Å². The van der Waals surface area contributed by atoms with Gasteiger partial charge in [-0.05, 0) is 43.5 Å². The van der Waals surface area contributed by atoms with Gasteiger partial charge in [0.1, 0.15) is 5.82 Å². The van der Waals surface area contributed by atoms with Crippen LogP contribution in [0, 0.1) is 12.7 Å². The maximum absolute atomic E-state index is 13.0. The van der Waals surface area contributed by atoms with Gasteiger partial charge in [-0.2, -0.15) is 0 Å². The van der Waals surface area contributed by atoms with Gasteiger partial charge in [0.05, 0.1) is 6.54 Å². The molecule has 0 bridgehead atoms. The first-order valence-electron chi connectivity index (χ1n) is 6.03. The van der Waals surface area contributed by atoms with Crippen LogP contribution in [0.2, 0.25) is 0 Å². The molecular weight excluding hydrogens is 217 g/mol. The van der Waals surface area contributed by atoms with E-state index >= 15 is 0 Å². The molecule has 1 unspecified atom stereocenters. The number of hydrogen-bond donors (Lipinski definition) is 1. The van der Waals surface area contributed by atoms with Crippen LogP contribution in [-0.4, -0.2) is 18.4 Å². The van der Waals surface area contributed by atoms with Crippen LogP contribution in [0.5, 0.6) is 0 Å². The van der Waals surface area contributed by atoms with Crippen LogP contribution >= 0.6 is 0 Å². The van der Waals surface area contributed by atoms with E-state index in [0.717, 1.165) is 17.5 Å². The minimum absolute atomic E-state index is 0.0963. The molecule has 0 aliphatic carbocycles. The average Bonchev–Trinajstić information content (AvgIpc) is 2.30. The van der Waals surface area contributed by atoms with E-state index in [9.17, 15) is 9.18 Å². The van der Waals surface area contributed by atoms with Gasteiger partial charge in [0.25, 0.3) is 0 Å². The fourth-order valence-corrected chi connectivity index (χ4v) is 1.54. The zero-order valence-corrected chi connectivity index (χ0v) is 10.7. The Labute approximate surface area is 102 Å². The van der Waals surface area contributed by atoms with E-state index in [0.29, 0.717) is 19.0 Å². The molecule has 0 spiro atoms. The Bertz CT molecular complexity index is 390. The fourth-order valence-electron chi connectivity index (χ4n) is 1.54. The molecule has 1 aromatic rings. The highest BCUT2D eigenvalue weighted by atomic mass is 19.1. The highest BCUT2D eigenvalue weighted by molar-refractivity contribution is 5.83. The van der Waals surface area contributed by atoms with Crippen LogP contribution in [0.3, 0.4) is 0 Å². The molecule has 1 aromatic carbocycles. The summed E-state index contributed by atoms with van der Waals surface area (Å²) in [4.78, 5) is 11.7. The summed E-state index contributed by atoms with van der Waals surface area (Å²) in [5.41, 5.74) is 1.74. The SMILES string of the molecule is CCC(C)NCC(=O)Cc1cc(F)ccc1C. The molecule has 3 heteroatoms. The minimum atomic E-state index is -0.284. The molecule has 0 radical (unpaired) electrons. The van der Waals surface area contributed by atoms with Gasteiger partial charge in [0, 0.05) is 12.5 Å². The molecule has 94 valence electrons. The molecule has 0 saturated heterocycles. The van der Waals surface area contributed by atoms with E-state index < -0.39 is 0 Å². The first-order chi connectivity index (χ1) is 8.02. The standard InChI is InChI=1S/C14H20FNO/c1-4-11(3)16-9-14(17)8-12-7-13(15)6-5-10(12)2/h5-7,11,16H,4,8-9H2,1-3H3. The van der Waals surface area contributed by atoms with Crippen molar-refractivity contribution in [2.24, 2.45) is 0 Å². The van der Waals surface area contributed by atoms with E-state index in [1.807, 2.05) is 13.8 Å². The van der Waals surface area contributed by atoms with Crippen LogP contribution in [0.1, 0.15) is 31.4 Å². The lowest BCUT2D eigenvalue weighted by molar-refractivity contribution is -0.117. The summed E-state index contributed by atoms with van der Waals surface area (Å²) in [7, 11) is 0. The van der Waals surface area contributed by atoms with Crippen LogP contribution in [-0.2, 0) is 11.2 Å². The predicted octanol–water partition coefficient (Wildman–Crippen LogP) is 2.63. The van der Waals surface area contributed by atoms with Gasteiger partial charge in [-0.15, -0.1) is 0 Å². The van der Waals surface area contributed by atoms with Gasteiger partial charge >= 0.3 is 0 Å². The quantitative estimate of drug-likeness (QED) is 0.824. The van der Waals surface area contributed by atoms with Gasteiger partial charge in [-0.25, -0.2) is 4.39 Å². The molecule has 17 heavy (non-hydrogen) atoms. The van der Waals surface area contributed by atoms with Crippen LogP contribution < -0.4 is 5.32 Å². The zero-order chi connectivity index (χ0) is 12.8. The largest absolute Gasteiger partial charge is 0.307 e. The minimum Gasteiger partial charge on any atom is -0.307 e. The van der Waals surface area contributed by atoms with Crippen molar-refractivity contribution in [2.75, 3.05) is 6.54 Å². The smallest absolute Gasteiger partial charge is 0.150 e. The second-order valence-electron chi connectivity index (χ2n) is 4.48. The average molecular weight is 237 g/mol. The van der Waals surface area contributed by atoms with E-state index in [-0.39, 0.29) is 11.6 Å². The fraction of sp³-hybridized carbons (Fsp3) is 0.500. The summed E-state index contributed by atoms with van der Waals surface area (Å²) in [6.07, 6.45) is 1.29. The summed E-state index contributed by atoms with van der Waals surface area (Å²) in [6, 6.07) is 4.91. The monoisotopic (exact) mass is 237 g/mol. The second-order valence-corrected chi connectivity index (χ2v) is 4.48. The number of benzene rings is 1. The maximum atomic E-state index is 13.0. The van der Waals surface area contributed by atoms with Crippen molar-refractivity contribution in [1.82, 2.24) is 5.32 Å². The van der Waals surface area contributed by atoms with E-state index in [2.05, 4.69) is 12.2 Å². The highest BCUT2D eigenvalue weighted by Gasteiger charge is 2.08. The van der Waals surface area contributed by atoms with E-state index in [4.69, 9.17) is 0 Å². The number of Topliss-reactive ketones (excluding diaryl/α,β-unsaturated/α-hetero) is 1. The molecule has 1 rings (SSSR count). The van der Waals surface area contributed by atoms with E-state index in [1.54, 1.807) is 6.07 Å². The van der Waals surface area contributed by atoms with Gasteiger partial charge < -0.3 is 5.32 Å². The van der Waals surface area contributed by atoms with Crippen molar-refractivity contribution in [1.29, 1.82) is 0 Å². The normalized spacial score (nSPS) is 12.5. The van der Waals surface area contributed by atoms with Crippen molar-refractivity contribution >= 4 is 5.78 Å². The van der Waals surface area contributed by atoms with Gasteiger partial charge in [-0.1, -0.05) is 13.0 Å². The summed E-state index contributed by atoms with van der Waals surface area (Å²) < 4.78 is 13.0. The molecular formula is C14H20FNO. The van der Waals surface area contributed by atoms with Crippen molar-refractivity contribution < 1.29 is 9.18 Å². The molecule has 1 atom stereocenters. The van der Waals surface area contributed by atoms with Crippen LogP contribution in [0.15, 0.2) is 18.2 Å². The first kappa shape index (κ1) is 13.8. The molecule has 0 aliphatic heterocycles. The predicted molar refractivity (Wildman–Crippen MR) is 67.6 cm³/mol. The first-order valence-corrected chi connectivity index (χ1v) is 6.03. The molecule has 2 nitrogen and oxygen atoms in total. The molecule has 0 aromatic heterocycles. The number of halogens is 1. The molecule has 0 heterocycles. The number of hydrogen-bond acceptors (Lipinski definition) is 2. The number of carbonyl (C=O) groups excluding carboxylic acids is 1. The third kappa shape index (κ3) is 4.65. The lowest BCUT2D eigenvalue weighted by Gasteiger charge is -2.11. The summed E-state index contributed by atoms with van der Waals surface area (Å²) >= 11 is 0. The Morgan fingerprint density at radius 1 is 1.47 bits per heavy atom. The van der Waals surface area contributed by atoms with Crippen LogP contribution in [0.25, 0.3) is 0 Å². The van der Waals surface area contributed by atoms with Crippen LogP contribution in [0.4, 0.5) is 4.39 Å². The number of aryl methyl sites for hydroxylation is 1. The van der Waals surface area contributed by atoms with E-state index in [1.165, 1.54) is 12.1 Å². The maximum Gasteiger partial charge on any atom is 0.150 e. The highest BCUT2D eigenvalue weighted by Crippen LogP contribution is 2.11. The number of nitrogens with one attached hydrogen (secondary N) is 1. The molecule has 1 N–H and O–H groups in total. The lowest BCUT2D eigenvalue weighted by atomic mass is 10.0. The van der Waals surface area contributed by atoms with Crippen molar-refractivity contribution in [3.63, 3.8) is 0 Å². The Morgan fingerprint density at radius 3 is 2.82 bits per heavy atom.